The summed E-state index contributed by atoms with van der Waals surface area (Å²) in [6.07, 6.45) is 11.1. The number of thiophene rings is 1. The molecule has 0 spiro atoms. The van der Waals surface area contributed by atoms with Gasteiger partial charge < -0.3 is 14.2 Å². The predicted molar refractivity (Wildman–Crippen MR) is 236 cm³/mol. The van der Waals surface area contributed by atoms with E-state index in [1.54, 1.807) is 0 Å². The molecule has 4 heteroatoms. The molecule has 3 aliphatic rings. The molecule has 9 aromatic rings. The minimum Gasteiger partial charge on any atom is -0.483 e. The highest BCUT2D eigenvalue weighted by Crippen LogP contribution is 2.44. The van der Waals surface area contributed by atoms with Gasteiger partial charge in [0.25, 0.3) is 0 Å². The lowest BCUT2D eigenvalue weighted by molar-refractivity contribution is 0.258. The van der Waals surface area contributed by atoms with Gasteiger partial charge in [0.15, 0.2) is 0 Å². The number of nitrogens with zero attached hydrogens (tertiary/aromatic N) is 2. The van der Waals surface area contributed by atoms with Crippen LogP contribution in [0.1, 0.15) is 18.4 Å². The van der Waals surface area contributed by atoms with E-state index in [1.165, 1.54) is 91.8 Å². The predicted octanol–water partition coefficient (Wildman–Crippen LogP) is 11.8. The molecule has 0 fully saturated rings. The Labute approximate surface area is 328 Å². The lowest BCUT2D eigenvalue weighted by Gasteiger charge is -2.38. The number of allylic oxidation sites excluding steroid dienone is 2. The van der Waals surface area contributed by atoms with E-state index in [4.69, 9.17) is 4.74 Å². The van der Waals surface area contributed by atoms with E-state index in [0.29, 0.717) is 0 Å². The summed E-state index contributed by atoms with van der Waals surface area (Å²) in [5.74, 6) is 0.966. The number of para-hydroxylation sites is 2. The first-order valence-corrected chi connectivity index (χ1v) is 20.4. The molecule has 2 aromatic heterocycles. The molecule has 0 radical (unpaired) electrons. The van der Waals surface area contributed by atoms with Crippen LogP contribution in [-0.2, 0) is 0 Å². The van der Waals surface area contributed by atoms with E-state index < -0.39 is 0 Å². The first-order valence-electron chi connectivity index (χ1n) is 19.5. The standard InChI is InChI=1S/C52H36N2OS/c1-2-14-37-34(12-1)13-9-21-44(37)54-45-20-6-3-15-38(45)39-31-28-35(32-48(39)54)33-26-29-36(30-27-33)53(46-22-10-18-42-40-16-4-7-24-49(40)55-51(42)46)47-23-11-19-43-41-17-5-8-25-50(41)56-52(43)47/h1-10,12-22,24-32,46,51H,11,23H2. The van der Waals surface area contributed by atoms with Crippen LogP contribution in [0.3, 0.4) is 0 Å². The molecule has 3 heterocycles. The van der Waals surface area contributed by atoms with Crippen molar-refractivity contribution in [3.05, 3.63) is 191 Å². The summed E-state index contributed by atoms with van der Waals surface area (Å²) < 4.78 is 12.0. The molecular formula is C52H36N2OS. The van der Waals surface area contributed by atoms with Crippen molar-refractivity contribution < 1.29 is 4.74 Å². The zero-order valence-corrected chi connectivity index (χ0v) is 31.4. The van der Waals surface area contributed by atoms with Crippen molar-refractivity contribution in [2.45, 2.75) is 25.0 Å². The normalized spacial score (nSPS) is 17.1. The van der Waals surface area contributed by atoms with Crippen molar-refractivity contribution in [3.8, 4) is 22.6 Å². The first kappa shape index (κ1) is 31.7. The Bertz CT molecular complexity index is 3250. The lowest BCUT2D eigenvalue weighted by Crippen LogP contribution is -2.47. The summed E-state index contributed by atoms with van der Waals surface area (Å²) in [4.78, 5) is 2.59. The van der Waals surface area contributed by atoms with Gasteiger partial charge in [0, 0.05) is 48.8 Å². The molecule has 2 aliphatic carbocycles. The van der Waals surface area contributed by atoms with Crippen molar-refractivity contribution in [2.75, 3.05) is 4.90 Å². The van der Waals surface area contributed by atoms with E-state index in [0.717, 1.165) is 18.6 Å². The molecule has 0 bridgehead atoms. The van der Waals surface area contributed by atoms with Crippen LogP contribution in [0.5, 0.6) is 5.75 Å². The van der Waals surface area contributed by atoms with E-state index in [2.05, 4.69) is 191 Å². The van der Waals surface area contributed by atoms with Crippen LogP contribution in [0.15, 0.2) is 176 Å². The third kappa shape index (κ3) is 4.76. The van der Waals surface area contributed by atoms with E-state index in [9.17, 15) is 0 Å². The van der Waals surface area contributed by atoms with Crippen LogP contribution < -0.4 is 19.4 Å². The van der Waals surface area contributed by atoms with Gasteiger partial charge in [-0.05, 0) is 77.0 Å². The summed E-state index contributed by atoms with van der Waals surface area (Å²) in [5, 5.41) is 7.73. The lowest BCUT2D eigenvalue weighted by atomic mass is 9.91. The number of rotatable bonds is 5. The molecule has 0 saturated carbocycles. The van der Waals surface area contributed by atoms with Crippen molar-refractivity contribution in [2.24, 2.45) is 0 Å². The summed E-state index contributed by atoms with van der Waals surface area (Å²) in [6, 6.07) is 57.7. The number of aromatic nitrogens is 1. The second kappa shape index (κ2) is 12.5. The third-order valence-corrected chi connectivity index (χ3v) is 13.3. The summed E-state index contributed by atoms with van der Waals surface area (Å²) in [5.41, 5.74) is 11.0. The molecule has 2 unspecified atom stereocenters. The molecule has 1 aliphatic heterocycles. The minimum absolute atomic E-state index is 0.00726. The quantitative estimate of drug-likeness (QED) is 0.175. The highest BCUT2D eigenvalue weighted by Gasteiger charge is 2.39. The number of benzene rings is 7. The van der Waals surface area contributed by atoms with Crippen LogP contribution in [0.2, 0.25) is 0 Å². The molecular weight excluding hydrogens is 701 g/mol. The summed E-state index contributed by atoms with van der Waals surface area (Å²) >= 11 is 1.92. The minimum atomic E-state index is -0.105. The molecule has 0 saturated heterocycles. The van der Waals surface area contributed by atoms with Crippen molar-refractivity contribution >= 4 is 77.0 Å². The van der Waals surface area contributed by atoms with Gasteiger partial charge >= 0.3 is 0 Å². The summed E-state index contributed by atoms with van der Waals surface area (Å²) in [7, 11) is 0. The van der Waals surface area contributed by atoms with Crippen LogP contribution >= 0.6 is 11.3 Å². The van der Waals surface area contributed by atoms with Gasteiger partial charge in [-0.1, -0.05) is 140 Å². The molecule has 56 heavy (non-hydrogen) atoms. The van der Waals surface area contributed by atoms with Gasteiger partial charge in [-0.3, -0.25) is 0 Å². The number of anilines is 1. The number of ether oxygens (including phenoxy) is 1. The Morgan fingerprint density at radius 1 is 0.643 bits per heavy atom. The zero-order valence-electron chi connectivity index (χ0n) is 30.6. The van der Waals surface area contributed by atoms with E-state index in [1.807, 2.05) is 11.3 Å². The highest BCUT2D eigenvalue weighted by molar-refractivity contribution is 7.17. The maximum atomic E-state index is 6.82. The van der Waals surface area contributed by atoms with Gasteiger partial charge in [-0.15, -0.1) is 11.3 Å². The number of hydrogen-bond donors (Lipinski definition) is 0. The van der Waals surface area contributed by atoms with Gasteiger partial charge in [-0.2, -0.15) is 0 Å². The molecule has 0 amide bonds. The van der Waals surface area contributed by atoms with Crippen LogP contribution in [0, 0.1) is 0 Å². The number of hydrogen-bond acceptors (Lipinski definition) is 3. The molecule has 12 rings (SSSR count). The zero-order chi connectivity index (χ0) is 36.7. The van der Waals surface area contributed by atoms with Crippen molar-refractivity contribution in [3.63, 3.8) is 0 Å². The fourth-order valence-electron chi connectivity index (χ4n) is 9.51. The Morgan fingerprint density at radius 3 is 2.32 bits per heavy atom. The average molecular weight is 737 g/mol. The Morgan fingerprint density at radius 2 is 1.39 bits per heavy atom. The van der Waals surface area contributed by atoms with Gasteiger partial charge in [0.05, 0.1) is 27.3 Å². The molecule has 7 aromatic carbocycles. The fraction of sp³-hybridized carbons (Fsp3) is 0.0769. The smallest absolute Gasteiger partial charge is 0.149 e. The Hall–Kier alpha value is -6.62. The Balaban J connectivity index is 1.01. The topological polar surface area (TPSA) is 17.4 Å². The van der Waals surface area contributed by atoms with Gasteiger partial charge in [0.1, 0.15) is 11.9 Å². The second-order valence-electron chi connectivity index (χ2n) is 15.1. The third-order valence-electron chi connectivity index (χ3n) is 12.0. The van der Waals surface area contributed by atoms with E-state index in [-0.39, 0.29) is 12.1 Å². The van der Waals surface area contributed by atoms with Crippen LogP contribution in [-0.4, -0.2) is 16.7 Å². The SMILES string of the molecule is C1=CC(N(C2=c3sc4ccccc4c3=CCC2)c2ccc(-c3ccc4c5ccccc5n(-c5cccc6ccccc56)c4c3)cc2)C2Oc3ccccc3C2=C1. The molecule has 3 nitrogen and oxygen atoms in total. The Kier molecular flexibility index (Phi) is 7.05. The summed E-state index contributed by atoms with van der Waals surface area (Å²) in [6.45, 7) is 0. The van der Waals surface area contributed by atoms with Gasteiger partial charge in [0.2, 0.25) is 0 Å². The molecule has 266 valence electrons. The largest absolute Gasteiger partial charge is 0.483 e. The number of fused-ring (bicyclic) bond motifs is 10. The maximum absolute atomic E-state index is 6.82. The average Bonchev–Trinajstić information content (AvgIpc) is 3.94. The highest BCUT2D eigenvalue weighted by atomic mass is 32.1. The second-order valence-corrected chi connectivity index (χ2v) is 16.1. The molecule has 2 atom stereocenters. The van der Waals surface area contributed by atoms with Crippen LogP contribution in [0.25, 0.3) is 76.8 Å². The van der Waals surface area contributed by atoms with Crippen LogP contribution in [0.4, 0.5) is 5.69 Å². The first-order chi connectivity index (χ1) is 27.8. The molecule has 0 N–H and O–H groups in total. The van der Waals surface area contributed by atoms with E-state index >= 15 is 0 Å². The van der Waals surface area contributed by atoms with Crippen molar-refractivity contribution in [1.82, 2.24) is 4.57 Å². The maximum Gasteiger partial charge on any atom is 0.149 e. The van der Waals surface area contributed by atoms with Crippen molar-refractivity contribution in [1.29, 1.82) is 0 Å². The monoisotopic (exact) mass is 736 g/mol. The fourth-order valence-corrected chi connectivity index (χ4v) is 10.8. The van der Waals surface area contributed by atoms with Gasteiger partial charge in [-0.25, -0.2) is 0 Å².